The van der Waals surface area contributed by atoms with Crippen LogP contribution < -0.4 is 0 Å². The molecule has 112 valence electrons. The zero-order valence-corrected chi connectivity index (χ0v) is 14.5. The standard InChI is InChI=1S/C15H21BrClNO2/c1-4-18(5-2)14(10-15(19)20-6-3)11-7-8-12(16)13(17)9-11/h7-9,14H,4-6,10H2,1-3H3. The van der Waals surface area contributed by atoms with Crippen molar-refractivity contribution in [2.45, 2.75) is 33.2 Å². The van der Waals surface area contributed by atoms with Gasteiger partial charge in [0.15, 0.2) is 0 Å². The van der Waals surface area contributed by atoms with Crippen molar-refractivity contribution in [1.29, 1.82) is 0 Å². The highest BCUT2D eigenvalue weighted by Gasteiger charge is 2.22. The van der Waals surface area contributed by atoms with E-state index in [0.717, 1.165) is 23.1 Å². The molecular formula is C15H21BrClNO2. The van der Waals surface area contributed by atoms with E-state index in [-0.39, 0.29) is 12.0 Å². The third-order valence-electron chi connectivity index (χ3n) is 3.25. The van der Waals surface area contributed by atoms with E-state index in [0.29, 0.717) is 18.1 Å². The Bertz CT molecular complexity index is 449. The monoisotopic (exact) mass is 361 g/mol. The summed E-state index contributed by atoms with van der Waals surface area (Å²) in [4.78, 5) is 14.1. The van der Waals surface area contributed by atoms with Crippen molar-refractivity contribution in [2.75, 3.05) is 19.7 Å². The molecule has 0 N–H and O–H groups in total. The molecular weight excluding hydrogens is 342 g/mol. The minimum atomic E-state index is -0.177. The lowest BCUT2D eigenvalue weighted by Gasteiger charge is -2.29. The highest BCUT2D eigenvalue weighted by Crippen LogP contribution is 2.30. The molecule has 0 aliphatic rings. The van der Waals surface area contributed by atoms with E-state index in [1.165, 1.54) is 0 Å². The SMILES string of the molecule is CCOC(=O)CC(c1ccc(Br)c(Cl)c1)N(CC)CC. The van der Waals surface area contributed by atoms with Crippen LogP contribution in [0.5, 0.6) is 0 Å². The topological polar surface area (TPSA) is 29.5 Å². The molecule has 0 saturated heterocycles. The smallest absolute Gasteiger partial charge is 0.307 e. The molecule has 0 saturated carbocycles. The van der Waals surface area contributed by atoms with Gasteiger partial charge in [0.25, 0.3) is 0 Å². The highest BCUT2D eigenvalue weighted by molar-refractivity contribution is 9.10. The first-order chi connectivity index (χ1) is 9.53. The zero-order valence-electron chi connectivity index (χ0n) is 12.2. The molecule has 3 nitrogen and oxygen atoms in total. The Hall–Kier alpha value is -0.580. The Morgan fingerprint density at radius 2 is 2.00 bits per heavy atom. The second kappa shape index (κ2) is 8.65. The Morgan fingerprint density at radius 3 is 2.50 bits per heavy atom. The maximum absolute atomic E-state index is 11.8. The molecule has 0 radical (unpaired) electrons. The van der Waals surface area contributed by atoms with Crippen molar-refractivity contribution in [3.63, 3.8) is 0 Å². The molecule has 0 fully saturated rings. The maximum atomic E-state index is 11.8. The van der Waals surface area contributed by atoms with Gasteiger partial charge < -0.3 is 4.74 Å². The van der Waals surface area contributed by atoms with Crippen molar-refractivity contribution in [3.8, 4) is 0 Å². The number of esters is 1. The molecule has 0 bridgehead atoms. The fourth-order valence-electron chi connectivity index (χ4n) is 2.22. The van der Waals surface area contributed by atoms with Crippen molar-refractivity contribution in [3.05, 3.63) is 33.3 Å². The van der Waals surface area contributed by atoms with Crippen molar-refractivity contribution < 1.29 is 9.53 Å². The first-order valence-corrected chi connectivity index (χ1v) is 8.05. The molecule has 0 spiro atoms. The van der Waals surface area contributed by atoms with Crippen LogP contribution in [0.15, 0.2) is 22.7 Å². The predicted octanol–water partition coefficient (Wildman–Crippen LogP) is 4.44. The number of nitrogens with zero attached hydrogens (tertiary/aromatic N) is 1. The fraction of sp³-hybridized carbons (Fsp3) is 0.533. The molecule has 1 rings (SSSR count). The first kappa shape index (κ1) is 17.5. The normalized spacial score (nSPS) is 12.5. The van der Waals surface area contributed by atoms with Crippen LogP contribution in [0, 0.1) is 0 Å². The van der Waals surface area contributed by atoms with Crippen molar-refractivity contribution in [1.82, 2.24) is 4.90 Å². The molecule has 0 aliphatic carbocycles. The lowest BCUT2D eigenvalue weighted by atomic mass is 10.0. The summed E-state index contributed by atoms with van der Waals surface area (Å²) in [7, 11) is 0. The summed E-state index contributed by atoms with van der Waals surface area (Å²) in [6.07, 6.45) is 0.341. The molecule has 0 aliphatic heterocycles. The molecule has 0 amide bonds. The van der Waals surface area contributed by atoms with Gasteiger partial charge in [-0.3, -0.25) is 9.69 Å². The van der Waals surface area contributed by atoms with Gasteiger partial charge in [-0.05, 0) is 53.6 Å². The lowest BCUT2D eigenvalue weighted by molar-refractivity contribution is -0.144. The van der Waals surface area contributed by atoms with E-state index in [9.17, 15) is 4.79 Å². The van der Waals surface area contributed by atoms with E-state index in [1.807, 2.05) is 25.1 Å². The quantitative estimate of drug-likeness (QED) is 0.672. The van der Waals surface area contributed by atoms with Gasteiger partial charge in [0.1, 0.15) is 0 Å². The fourth-order valence-corrected chi connectivity index (χ4v) is 2.66. The number of hydrogen-bond donors (Lipinski definition) is 0. The number of carbonyl (C=O) groups is 1. The van der Waals surface area contributed by atoms with Crippen molar-refractivity contribution in [2.24, 2.45) is 0 Å². The maximum Gasteiger partial charge on any atom is 0.307 e. The van der Waals surface area contributed by atoms with Crippen LogP contribution in [-0.4, -0.2) is 30.6 Å². The minimum Gasteiger partial charge on any atom is -0.466 e. The second-order valence-corrected chi connectivity index (χ2v) is 5.68. The summed E-state index contributed by atoms with van der Waals surface area (Å²) in [6.45, 7) is 8.14. The molecule has 0 heterocycles. The lowest BCUT2D eigenvalue weighted by Crippen LogP contribution is -2.30. The molecule has 1 aromatic rings. The molecule has 1 unspecified atom stereocenters. The molecule has 20 heavy (non-hydrogen) atoms. The Kier molecular flexibility index (Phi) is 7.56. The highest BCUT2D eigenvalue weighted by atomic mass is 79.9. The third kappa shape index (κ3) is 4.76. The number of hydrogen-bond acceptors (Lipinski definition) is 3. The summed E-state index contributed by atoms with van der Waals surface area (Å²) in [5, 5.41) is 0.656. The Balaban J connectivity index is 3.02. The van der Waals surface area contributed by atoms with Crippen LogP contribution in [-0.2, 0) is 9.53 Å². The summed E-state index contributed by atoms with van der Waals surface area (Å²) in [5.41, 5.74) is 1.04. The number of halogens is 2. The largest absolute Gasteiger partial charge is 0.466 e. The Labute approximate surface area is 134 Å². The molecule has 5 heteroatoms. The second-order valence-electron chi connectivity index (χ2n) is 4.42. The van der Waals surface area contributed by atoms with E-state index in [1.54, 1.807) is 0 Å². The van der Waals surface area contributed by atoms with E-state index in [4.69, 9.17) is 16.3 Å². The summed E-state index contributed by atoms with van der Waals surface area (Å²) >= 11 is 9.55. The summed E-state index contributed by atoms with van der Waals surface area (Å²) in [6, 6.07) is 5.82. The van der Waals surface area contributed by atoms with E-state index in [2.05, 4.69) is 34.7 Å². The van der Waals surface area contributed by atoms with E-state index < -0.39 is 0 Å². The minimum absolute atomic E-state index is 0.00495. The number of benzene rings is 1. The van der Waals surface area contributed by atoms with E-state index >= 15 is 0 Å². The van der Waals surface area contributed by atoms with Gasteiger partial charge in [-0.25, -0.2) is 0 Å². The summed E-state index contributed by atoms with van der Waals surface area (Å²) in [5.74, 6) is -0.177. The predicted molar refractivity (Wildman–Crippen MR) is 86.1 cm³/mol. The van der Waals surface area contributed by atoms with Gasteiger partial charge in [0.2, 0.25) is 0 Å². The van der Waals surface area contributed by atoms with Gasteiger partial charge in [-0.15, -0.1) is 0 Å². The average molecular weight is 363 g/mol. The van der Waals surface area contributed by atoms with Crippen LogP contribution in [0.4, 0.5) is 0 Å². The van der Waals surface area contributed by atoms with Gasteiger partial charge in [0, 0.05) is 10.5 Å². The Morgan fingerprint density at radius 1 is 1.35 bits per heavy atom. The van der Waals surface area contributed by atoms with Crippen molar-refractivity contribution >= 4 is 33.5 Å². The van der Waals surface area contributed by atoms with Gasteiger partial charge in [-0.2, -0.15) is 0 Å². The van der Waals surface area contributed by atoms with Crippen LogP contribution in [0.1, 0.15) is 38.8 Å². The van der Waals surface area contributed by atoms with Crippen LogP contribution in [0.3, 0.4) is 0 Å². The number of ether oxygens (including phenoxy) is 1. The molecule has 0 aromatic heterocycles. The van der Waals surface area contributed by atoms with Gasteiger partial charge >= 0.3 is 5.97 Å². The zero-order chi connectivity index (χ0) is 15.1. The first-order valence-electron chi connectivity index (χ1n) is 6.88. The van der Waals surface area contributed by atoms with Crippen LogP contribution in [0.2, 0.25) is 5.02 Å². The third-order valence-corrected chi connectivity index (χ3v) is 4.48. The number of rotatable bonds is 7. The van der Waals surface area contributed by atoms with Gasteiger partial charge in [-0.1, -0.05) is 31.5 Å². The van der Waals surface area contributed by atoms with Crippen LogP contribution in [0.25, 0.3) is 0 Å². The molecule has 1 atom stereocenters. The van der Waals surface area contributed by atoms with Gasteiger partial charge in [0.05, 0.1) is 18.1 Å². The average Bonchev–Trinajstić information content (AvgIpc) is 2.42. The molecule has 1 aromatic carbocycles. The number of carbonyl (C=O) groups excluding carboxylic acids is 1. The summed E-state index contributed by atoms with van der Waals surface area (Å²) < 4.78 is 5.94. The van der Waals surface area contributed by atoms with Crippen LogP contribution >= 0.6 is 27.5 Å².